The maximum Gasteiger partial charge on any atom is 0.260 e. The normalized spacial score (nSPS) is 13.9. The Balaban J connectivity index is 1.62. The number of anilines is 1. The summed E-state index contributed by atoms with van der Waals surface area (Å²) in [7, 11) is 1.48. The maximum absolute atomic E-state index is 12.4. The van der Waals surface area contributed by atoms with Gasteiger partial charge < -0.3 is 19.1 Å². The van der Waals surface area contributed by atoms with E-state index in [0.717, 1.165) is 11.4 Å². The van der Waals surface area contributed by atoms with Gasteiger partial charge in [-0.05, 0) is 24.6 Å². The van der Waals surface area contributed by atoms with E-state index in [0.29, 0.717) is 48.5 Å². The molecule has 1 aromatic heterocycles. The molecule has 28 heavy (non-hydrogen) atoms. The molecule has 1 aromatic carbocycles. The first-order valence-corrected chi connectivity index (χ1v) is 9.72. The molecular formula is C18H22N4O5S. The molecule has 2 amide bonds. The second-order valence-electron chi connectivity index (χ2n) is 5.96. The highest BCUT2D eigenvalue weighted by molar-refractivity contribution is 7.15. The number of ether oxygens (including phenoxy) is 3. The van der Waals surface area contributed by atoms with Crippen molar-refractivity contribution in [3.8, 4) is 11.5 Å². The summed E-state index contributed by atoms with van der Waals surface area (Å²) < 4.78 is 16.2. The Bertz CT molecular complexity index is 835. The number of methoxy groups -OCH3 is 1. The third kappa shape index (κ3) is 4.96. The summed E-state index contributed by atoms with van der Waals surface area (Å²) in [5.74, 6) is 0.321. The van der Waals surface area contributed by atoms with Crippen molar-refractivity contribution in [3.63, 3.8) is 0 Å². The lowest BCUT2D eigenvalue weighted by molar-refractivity contribution is -0.137. The minimum atomic E-state index is -0.326. The van der Waals surface area contributed by atoms with Gasteiger partial charge in [-0.15, -0.1) is 10.2 Å². The number of hydrogen-bond donors (Lipinski definition) is 1. The van der Waals surface area contributed by atoms with E-state index in [2.05, 4.69) is 15.5 Å². The fraction of sp³-hybridized carbons (Fsp3) is 0.444. The molecule has 10 heteroatoms. The van der Waals surface area contributed by atoms with E-state index in [1.54, 1.807) is 23.1 Å². The van der Waals surface area contributed by atoms with Crippen LogP contribution in [0.25, 0.3) is 0 Å². The zero-order chi connectivity index (χ0) is 19.9. The quantitative estimate of drug-likeness (QED) is 0.745. The van der Waals surface area contributed by atoms with Gasteiger partial charge in [-0.1, -0.05) is 18.3 Å². The van der Waals surface area contributed by atoms with Crippen LogP contribution in [0.5, 0.6) is 11.5 Å². The molecule has 9 nitrogen and oxygen atoms in total. The number of carbonyl (C=O) groups excluding carboxylic acids is 2. The molecular weight excluding hydrogens is 384 g/mol. The Morgan fingerprint density at radius 2 is 2.04 bits per heavy atom. The molecule has 0 atom stereocenters. The van der Waals surface area contributed by atoms with Crippen LogP contribution in [0.1, 0.15) is 22.3 Å². The second-order valence-corrected chi connectivity index (χ2v) is 7.02. The molecule has 2 heterocycles. The summed E-state index contributed by atoms with van der Waals surface area (Å²) in [5.41, 5.74) is 0.386. The Morgan fingerprint density at radius 1 is 1.25 bits per heavy atom. The predicted octanol–water partition coefficient (Wildman–Crippen LogP) is 1.60. The largest absolute Gasteiger partial charge is 0.493 e. The van der Waals surface area contributed by atoms with Gasteiger partial charge >= 0.3 is 0 Å². The highest BCUT2D eigenvalue weighted by Gasteiger charge is 2.19. The molecule has 0 radical (unpaired) electrons. The monoisotopic (exact) mass is 406 g/mol. The number of carbonyl (C=O) groups is 2. The molecule has 3 rings (SSSR count). The van der Waals surface area contributed by atoms with Crippen molar-refractivity contribution >= 4 is 28.3 Å². The SMILES string of the molecule is CCc1nnc(NC(=O)c2ccc(OCC(=O)N3CCOCC3)c(OC)c2)s1. The van der Waals surface area contributed by atoms with Crippen LogP contribution in [0.3, 0.4) is 0 Å². The van der Waals surface area contributed by atoms with Crippen LogP contribution in [-0.4, -0.2) is 66.9 Å². The van der Waals surface area contributed by atoms with E-state index in [4.69, 9.17) is 14.2 Å². The van der Waals surface area contributed by atoms with Crippen molar-refractivity contribution in [1.29, 1.82) is 0 Å². The lowest BCUT2D eigenvalue weighted by Gasteiger charge is -2.26. The summed E-state index contributed by atoms with van der Waals surface area (Å²) in [6.45, 7) is 4.06. The van der Waals surface area contributed by atoms with Gasteiger partial charge in [0.1, 0.15) is 5.01 Å². The van der Waals surface area contributed by atoms with Gasteiger partial charge in [-0.2, -0.15) is 0 Å². The summed E-state index contributed by atoms with van der Waals surface area (Å²) >= 11 is 1.33. The zero-order valence-corrected chi connectivity index (χ0v) is 16.6. The lowest BCUT2D eigenvalue weighted by atomic mass is 10.2. The highest BCUT2D eigenvalue weighted by Crippen LogP contribution is 2.28. The third-order valence-electron chi connectivity index (χ3n) is 4.13. The Labute approximate surface area is 166 Å². The predicted molar refractivity (Wildman–Crippen MR) is 103 cm³/mol. The van der Waals surface area contributed by atoms with Gasteiger partial charge in [-0.3, -0.25) is 14.9 Å². The average Bonchev–Trinajstić information content (AvgIpc) is 3.20. The molecule has 0 saturated carbocycles. The van der Waals surface area contributed by atoms with Gasteiger partial charge in [-0.25, -0.2) is 0 Å². The smallest absolute Gasteiger partial charge is 0.260 e. The summed E-state index contributed by atoms with van der Waals surface area (Å²) in [4.78, 5) is 26.3. The van der Waals surface area contributed by atoms with E-state index in [-0.39, 0.29) is 18.4 Å². The van der Waals surface area contributed by atoms with E-state index in [1.165, 1.54) is 18.4 Å². The van der Waals surface area contributed by atoms with Crippen LogP contribution in [0.2, 0.25) is 0 Å². The van der Waals surface area contributed by atoms with Crippen molar-refractivity contribution in [2.45, 2.75) is 13.3 Å². The lowest BCUT2D eigenvalue weighted by Crippen LogP contribution is -2.43. The molecule has 0 bridgehead atoms. The molecule has 1 fully saturated rings. The molecule has 0 aliphatic carbocycles. The molecule has 0 unspecified atom stereocenters. The topological polar surface area (TPSA) is 103 Å². The summed E-state index contributed by atoms with van der Waals surface area (Å²) in [5, 5.41) is 11.9. The first-order chi connectivity index (χ1) is 13.6. The van der Waals surface area contributed by atoms with Crippen LogP contribution in [-0.2, 0) is 16.0 Å². The van der Waals surface area contributed by atoms with E-state index < -0.39 is 0 Å². The first-order valence-electron chi connectivity index (χ1n) is 8.90. The number of morpholine rings is 1. The first kappa shape index (κ1) is 20.0. The number of aromatic nitrogens is 2. The third-order valence-corrected chi connectivity index (χ3v) is 5.11. The Kier molecular flexibility index (Phi) is 6.77. The van der Waals surface area contributed by atoms with Crippen LogP contribution >= 0.6 is 11.3 Å². The van der Waals surface area contributed by atoms with E-state index >= 15 is 0 Å². The average molecular weight is 406 g/mol. The zero-order valence-electron chi connectivity index (χ0n) is 15.8. The summed E-state index contributed by atoms with van der Waals surface area (Å²) in [6, 6.07) is 4.78. The Morgan fingerprint density at radius 3 is 2.71 bits per heavy atom. The van der Waals surface area contributed by atoms with Crippen molar-refractivity contribution in [3.05, 3.63) is 28.8 Å². The van der Waals surface area contributed by atoms with Gasteiger partial charge in [0.2, 0.25) is 5.13 Å². The number of benzene rings is 1. The van der Waals surface area contributed by atoms with Crippen molar-refractivity contribution in [2.24, 2.45) is 0 Å². The molecule has 1 saturated heterocycles. The summed E-state index contributed by atoms with van der Waals surface area (Å²) in [6.07, 6.45) is 0.760. The minimum absolute atomic E-state index is 0.105. The standard InChI is InChI=1S/C18H22N4O5S/c1-3-15-20-21-18(28-15)19-17(24)12-4-5-13(14(10-12)25-2)27-11-16(23)22-6-8-26-9-7-22/h4-5,10H,3,6-9,11H2,1-2H3,(H,19,21,24). The fourth-order valence-electron chi connectivity index (χ4n) is 2.59. The molecule has 1 aliphatic heterocycles. The number of rotatable bonds is 7. The number of hydrogen-bond acceptors (Lipinski definition) is 8. The number of amides is 2. The van der Waals surface area contributed by atoms with E-state index in [1.807, 2.05) is 6.92 Å². The van der Waals surface area contributed by atoms with Crippen LogP contribution < -0.4 is 14.8 Å². The van der Waals surface area contributed by atoms with Crippen molar-refractivity contribution in [1.82, 2.24) is 15.1 Å². The number of aryl methyl sites for hydroxylation is 1. The van der Waals surface area contributed by atoms with Gasteiger partial charge in [0.25, 0.3) is 11.8 Å². The minimum Gasteiger partial charge on any atom is -0.493 e. The molecule has 1 N–H and O–H groups in total. The maximum atomic E-state index is 12.4. The molecule has 2 aromatic rings. The van der Waals surface area contributed by atoms with Crippen LogP contribution in [0.4, 0.5) is 5.13 Å². The van der Waals surface area contributed by atoms with Crippen LogP contribution in [0, 0.1) is 0 Å². The second kappa shape index (κ2) is 9.47. The fourth-order valence-corrected chi connectivity index (χ4v) is 3.26. The van der Waals surface area contributed by atoms with Crippen LogP contribution in [0.15, 0.2) is 18.2 Å². The van der Waals surface area contributed by atoms with Gasteiger partial charge in [0.05, 0.1) is 20.3 Å². The van der Waals surface area contributed by atoms with Gasteiger partial charge in [0, 0.05) is 18.7 Å². The Hall–Kier alpha value is -2.72. The molecule has 0 spiro atoms. The van der Waals surface area contributed by atoms with Crippen molar-refractivity contribution in [2.75, 3.05) is 45.3 Å². The van der Waals surface area contributed by atoms with Crippen molar-refractivity contribution < 1.29 is 23.8 Å². The van der Waals surface area contributed by atoms with Gasteiger partial charge in [0.15, 0.2) is 18.1 Å². The highest BCUT2D eigenvalue weighted by atomic mass is 32.1. The van der Waals surface area contributed by atoms with E-state index in [9.17, 15) is 9.59 Å². The molecule has 150 valence electrons. The number of nitrogens with zero attached hydrogens (tertiary/aromatic N) is 3. The molecule has 1 aliphatic rings. The number of nitrogens with one attached hydrogen (secondary N) is 1.